The van der Waals surface area contributed by atoms with E-state index in [1.807, 2.05) is 0 Å². The SMILES string of the molecule is O=C1C=C(Nc2ccc(F)c(F)c2)C(=O)N1CCO. The number of aliphatic hydroxyl groups is 1. The number of carbonyl (C=O) groups excluding carboxylic acids is 2. The van der Waals surface area contributed by atoms with Gasteiger partial charge in [-0.1, -0.05) is 0 Å². The second-order valence-electron chi connectivity index (χ2n) is 3.83. The third-order valence-corrected chi connectivity index (χ3v) is 2.53. The molecule has 0 unspecified atom stereocenters. The molecule has 1 aromatic carbocycles. The Balaban J connectivity index is 2.16. The normalized spacial score (nSPS) is 14.9. The number of β-amino-alcohol motifs (C(OH)–C–C–N with tert-alkyl or cyclic N) is 1. The number of amides is 2. The van der Waals surface area contributed by atoms with Crippen molar-refractivity contribution in [3.8, 4) is 0 Å². The van der Waals surface area contributed by atoms with Gasteiger partial charge >= 0.3 is 0 Å². The highest BCUT2D eigenvalue weighted by Gasteiger charge is 2.30. The Hall–Kier alpha value is -2.28. The molecule has 0 spiro atoms. The first-order valence-corrected chi connectivity index (χ1v) is 5.43. The summed E-state index contributed by atoms with van der Waals surface area (Å²) in [7, 11) is 0. The van der Waals surface area contributed by atoms with Crippen molar-refractivity contribution in [3.05, 3.63) is 41.6 Å². The molecule has 0 fully saturated rings. The fourth-order valence-corrected chi connectivity index (χ4v) is 1.64. The van der Waals surface area contributed by atoms with Gasteiger partial charge in [0.05, 0.1) is 13.2 Å². The lowest BCUT2D eigenvalue weighted by Gasteiger charge is -2.13. The van der Waals surface area contributed by atoms with E-state index in [9.17, 15) is 18.4 Å². The molecule has 0 saturated heterocycles. The molecule has 19 heavy (non-hydrogen) atoms. The fraction of sp³-hybridized carbons (Fsp3) is 0.167. The third-order valence-electron chi connectivity index (χ3n) is 2.53. The van der Waals surface area contributed by atoms with Gasteiger partial charge in [0, 0.05) is 17.8 Å². The summed E-state index contributed by atoms with van der Waals surface area (Å²) < 4.78 is 25.7. The van der Waals surface area contributed by atoms with Crippen LogP contribution in [-0.4, -0.2) is 35.0 Å². The van der Waals surface area contributed by atoms with E-state index in [2.05, 4.69) is 5.32 Å². The number of imide groups is 1. The van der Waals surface area contributed by atoms with Gasteiger partial charge in [0.2, 0.25) is 0 Å². The zero-order valence-corrected chi connectivity index (χ0v) is 9.69. The molecule has 1 heterocycles. The lowest BCUT2D eigenvalue weighted by atomic mass is 10.3. The lowest BCUT2D eigenvalue weighted by Crippen LogP contribution is -2.34. The Labute approximate surface area is 107 Å². The molecule has 1 aromatic rings. The standard InChI is InChI=1S/C12H10F2N2O3/c13-8-2-1-7(5-9(8)14)15-10-6-11(18)16(3-4-17)12(10)19/h1-2,5-6,15,17H,3-4H2. The van der Waals surface area contributed by atoms with Crippen LogP contribution in [0.2, 0.25) is 0 Å². The highest BCUT2D eigenvalue weighted by atomic mass is 19.2. The molecular formula is C12H10F2N2O3. The van der Waals surface area contributed by atoms with Gasteiger partial charge < -0.3 is 10.4 Å². The van der Waals surface area contributed by atoms with E-state index in [0.717, 1.165) is 23.1 Å². The van der Waals surface area contributed by atoms with Gasteiger partial charge in [-0.25, -0.2) is 8.78 Å². The number of benzene rings is 1. The summed E-state index contributed by atoms with van der Waals surface area (Å²) in [5.41, 5.74) is 0.0987. The van der Waals surface area contributed by atoms with E-state index < -0.39 is 23.4 Å². The van der Waals surface area contributed by atoms with Crippen LogP contribution in [0.5, 0.6) is 0 Å². The van der Waals surface area contributed by atoms with E-state index in [-0.39, 0.29) is 24.5 Å². The van der Waals surface area contributed by atoms with E-state index in [1.165, 1.54) is 6.07 Å². The largest absolute Gasteiger partial charge is 0.395 e. The van der Waals surface area contributed by atoms with Crippen LogP contribution >= 0.6 is 0 Å². The molecule has 1 aliphatic heterocycles. The average molecular weight is 268 g/mol. The number of aliphatic hydroxyl groups excluding tert-OH is 1. The molecule has 7 heteroatoms. The number of anilines is 1. The lowest BCUT2D eigenvalue weighted by molar-refractivity contribution is -0.137. The summed E-state index contributed by atoms with van der Waals surface area (Å²) in [6.45, 7) is -0.457. The summed E-state index contributed by atoms with van der Waals surface area (Å²) in [4.78, 5) is 24.0. The molecular weight excluding hydrogens is 258 g/mol. The van der Waals surface area contributed by atoms with Gasteiger partial charge in [-0.05, 0) is 12.1 Å². The molecule has 0 bridgehead atoms. The minimum absolute atomic E-state index is 0.0514. The first-order valence-electron chi connectivity index (χ1n) is 5.43. The van der Waals surface area contributed by atoms with Crippen LogP contribution in [0.3, 0.4) is 0 Å². The smallest absolute Gasteiger partial charge is 0.277 e. The zero-order chi connectivity index (χ0) is 14.0. The number of carbonyl (C=O) groups is 2. The van der Waals surface area contributed by atoms with Crippen LogP contribution in [0, 0.1) is 11.6 Å². The second kappa shape index (κ2) is 5.15. The molecule has 2 amide bonds. The Kier molecular flexibility index (Phi) is 3.57. The molecule has 0 radical (unpaired) electrons. The third kappa shape index (κ3) is 2.60. The highest BCUT2D eigenvalue weighted by molar-refractivity contribution is 6.17. The van der Waals surface area contributed by atoms with Gasteiger partial charge in [0.25, 0.3) is 11.8 Å². The van der Waals surface area contributed by atoms with Gasteiger partial charge in [0.1, 0.15) is 5.70 Å². The topological polar surface area (TPSA) is 69.6 Å². The molecule has 0 aliphatic carbocycles. The second-order valence-corrected chi connectivity index (χ2v) is 3.83. The number of hydrogen-bond acceptors (Lipinski definition) is 4. The van der Waals surface area contributed by atoms with Crippen molar-refractivity contribution >= 4 is 17.5 Å². The van der Waals surface area contributed by atoms with Crippen molar-refractivity contribution in [2.45, 2.75) is 0 Å². The van der Waals surface area contributed by atoms with Crippen molar-refractivity contribution in [3.63, 3.8) is 0 Å². The maximum absolute atomic E-state index is 13.0. The number of nitrogens with zero attached hydrogens (tertiary/aromatic N) is 1. The number of rotatable bonds is 4. The molecule has 2 N–H and O–H groups in total. The maximum Gasteiger partial charge on any atom is 0.277 e. The van der Waals surface area contributed by atoms with Crippen LogP contribution in [0.15, 0.2) is 30.0 Å². The van der Waals surface area contributed by atoms with E-state index >= 15 is 0 Å². The molecule has 1 aliphatic rings. The Bertz CT molecular complexity index is 572. The molecule has 2 rings (SSSR count). The summed E-state index contributed by atoms with van der Waals surface area (Å²) >= 11 is 0. The molecule has 0 atom stereocenters. The fourth-order valence-electron chi connectivity index (χ4n) is 1.64. The molecule has 5 nitrogen and oxygen atoms in total. The molecule has 100 valence electrons. The van der Waals surface area contributed by atoms with Gasteiger partial charge in [-0.3, -0.25) is 14.5 Å². The monoisotopic (exact) mass is 268 g/mol. The summed E-state index contributed by atoms with van der Waals surface area (Å²) in [6.07, 6.45) is 1.04. The Morgan fingerprint density at radius 2 is 1.95 bits per heavy atom. The molecule has 0 aromatic heterocycles. The Morgan fingerprint density at radius 1 is 1.21 bits per heavy atom. The first kappa shape index (κ1) is 13.2. The van der Waals surface area contributed by atoms with Crippen LogP contribution in [-0.2, 0) is 9.59 Å². The molecule has 0 saturated carbocycles. The minimum atomic E-state index is -1.06. The van der Waals surface area contributed by atoms with Crippen molar-refractivity contribution in [2.75, 3.05) is 18.5 Å². The number of hydrogen-bond donors (Lipinski definition) is 2. The van der Waals surface area contributed by atoms with Crippen LogP contribution in [0.1, 0.15) is 0 Å². The summed E-state index contributed by atoms with van der Waals surface area (Å²) in [5, 5.41) is 11.3. The van der Waals surface area contributed by atoms with Crippen LogP contribution < -0.4 is 5.32 Å². The van der Waals surface area contributed by atoms with Gasteiger partial charge in [-0.15, -0.1) is 0 Å². The van der Waals surface area contributed by atoms with Crippen molar-refractivity contribution in [2.24, 2.45) is 0 Å². The average Bonchev–Trinajstić information content (AvgIpc) is 2.62. The van der Waals surface area contributed by atoms with Crippen molar-refractivity contribution < 1.29 is 23.5 Å². The summed E-state index contributed by atoms with van der Waals surface area (Å²) in [6, 6.07) is 3.03. The number of halogens is 2. The number of nitrogens with one attached hydrogen (secondary N) is 1. The van der Waals surface area contributed by atoms with E-state index in [4.69, 9.17) is 5.11 Å². The van der Waals surface area contributed by atoms with E-state index in [0.29, 0.717) is 0 Å². The maximum atomic E-state index is 13.0. The first-order chi connectivity index (χ1) is 9.02. The summed E-state index contributed by atoms with van der Waals surface area (Å²) in [5.74, 6) is -3.25. The predicted octanol–water partition coefficient (Wildman–Crippen LogP) is 0.622. The minimum Gasteiger partial charge on any atom is -0.395 e. The zero-order valence-electron chi connectivity index (χ0n) is 9.69. The van der Waals surface area contributed by atoms with Gasteiger partial charge in [0.15, 0.2) is 11.6 Å². The van der Waals surface area contributed by atoms with Crippen molar-refractivity contribution in [1.29, 1.82) is 0 Å². The van der Waals surface area contributed by atoms with Crippen molar-refractivity contribution in [1.82, 2.24) is 4.90 Å². The quantitative estimate of drug-likeness (QED) is 0.785. The van der Waals surface area contributed by atoms with Crippen LogP contribution in [0.25, 0.3) is 0 Å². The highest BCUT2D eigenvalue weighted by Crippen LogP contribution is 2.18. The Morgan fingerprint density at radius 3 is 2.58 bits per heavy atom. The van der Waals surface area contributed by atoms with Crippen LogP contribution in [0.4, 0.5) is 14.5 Å². The van der Waals surface area contributed by atoms with E-state index in [1.54, 1.807) is 0 Å². The predicted molar refractivity (Wildman–Crippen MR) is 61.9 cm³/mol. The van der Waals surface area contributed by atoms with Gasteiger partial charge in [-0.2, -0.15) is 0 Å².